The molecule has 2 N–H and O–H groups in total. The Labute approximate surface area is 108 Å². The monoisotopic (exact) mass is 247 g/mol. The number of carboxylic acid groups (broad SMARTS) is 1. The fourth-order valence-corrected chi connectivity index (χ4v) is 2.62. The average Bonchev–Trinajstić information content (AvgIpc) is 2.40. The van der Waals surface area contributed by atoms with E-state index >= 15 is 0 Å². The van der Waals surface area contributed by atoms with Crippen LogP contribution in [-0.4, -0.2) is 23.2 Å². The number of carbonyl (C=O) groups is 1. The van der Waals surface area contributed by atoms with E-state index in [9.17, 15) is 9.90 Å². The van der Waals surface area contributed by atoms with Crippen molar-refractivity contribution in [3.8, 4) is 0 Å². The van der Waals surface area contributed by atoms with Gasteiger partial charge in [-0.1, -0.05) is 49.6 Å². The summed E-state index contributed by atoms with van der Waals surface area (Å²) in [6.45, 7) is 0. The van der Waals surface area contributed by atoms with Crippen LogP contribution >= 0.6 is 0 Å². The van der Waals surface area contributed by atoms with E-state index < -0.39 is 12.0 Å². The average molecular weight is 247 g/mol. The molecule has 1 saturated carbocycles. The van der Waals surface area contributed by atoms with Crippen LogP contribution in [0.15, 0.2) is 30.3 Å². The molecule has 0 unspecified atom stereocenters. The predicted molar refractivity (Wildman–Crippen MR) is 71.6 cm³/mol. The van der Waals surface area contributed by atoms with Crippen LogP contribution < -0.4 is 5.32 Å². The normalized spacial score (nSPS) is 18.4. The van der Waals surface area contributed by atoms with E-state index in [4.69, 9.17) is 0 Å². The third-order valence-corrected chi connectivity index (χ3v) is 3.62. The van der Waals surface area contributed by atoms with Crippen molar-refractivity contribution in [1.82, 2.24) is 5.32 Å². The minimum absolute atomic E-state index is 0.378. The molecule has 0 aliphatic heterocycles. The number of aliphatic carboxylic acids is 1. The van der Waals surface area contributed by atoms with Gasteiger partial charge >= 0.3 is 5.97 Å². The molecule has 3 nitrogen and oxygen atoms in total. The minimum Gasteiger partial charge on any atom is -0.480 e. The molecule has 0 spiro atoms. The Kier molecular flexibility index (Phi) is 4.76. The topological polar surface area (TPSA) is 49.3 Å². The second-order valence-corrected chi connectivity index (χ2v) is 5.08. The van der Waals surface area contributed by atoms with Crippen molar-refractivity contribution >= 4 is 5.97 Å². The van der Waals surface area contributed by atoms with Crippen LogP contribution in [0.1, 0.15) is 37.7 Å². The summed E-state index contributed by atoms with van der Waals surface area (Å²) < 4.78 is 0. The van der Waals surface area contributed by atoms with Gasteiger partial charge < -0.3 is 10.4 Å². The molecule has 1 aromatic carbocycles. The maximum absolute atomic E-state index is 11.3. The zero-order valence-electron chi connectivity index (χ0n) is 10.6. The lowest BCUT2D eigenvalue weighted by Crippen LogP contribution is -2.45. The highest BCUT2D eigenvalue weighted by Gasteiger charge is 2.22. The van der Waals surface area contributed by atoms with E-state index in [2.05, 4.69) is 5.32 Å². The number of carboxylic acids is 1. The molecule has 0 heterocycles. The molecule has 3 heteroatoms. The highest BCUT2D eigenvalue weighted by atomic mass is 16.4. The summed E-state index contributed by atoms with van der Waals surface area (Å²) >= 11 is 0. The molecule has 1 atom stereocenters. The van der Waals surface area contributed by atoms with Gasteiger partial charge in [-0.05, 0) is 24.8 Å². The standard InChI is InChI=1S/C15H21NO2/c17-15(18)14(11-12-7-3-1-4-8-12)16-13-9-5-2-6-10-13/h1,3-4,7-8,13-14,16H,2,5-6,9-11H2,(H,17,18)/t14-/m1/s1. The van der Waals surface area contributed by atoms with Gasteiger partial charge in [-0.15, -0.1) is 0 Å². The molecule has 1 fully saturated rings. The molecule has 1 aliphatic carbocycles. The fourth-order valence-electron chi connectivity index (χ4n) is 2.62. The molecular weight excluding hydrogens is 226 g/mol. The van der Waals surface area contributed by atoms with Crippen molar-refractivity contribution in [1.29, 1.82) is 0 Å². The molecule has 98 valence electrons. The molecule has 2 rings (SSSR count). The predicted octanol–water partition coefficient (Wildman–Crippen LogP) is 2.60. The summed E-state index contributed by atoms with van der Waals surface area (Å²) in [4.78, 5) is 11.3. The number of hydrogen-bond donors (Lipinski definition) is 2. The lowest BCUT2D eigenvalue weighted by atomic mass is 9.94. The van der Waals surface area contributed by atoms with Crippen LogP contribution in [0, 0.1) is 0 Å². The quantitative estimate of drug-likeness (QED) is 0.841. The van der Waals surface area contributed by atoms with Crippen LogP contribution in [-0.2, 0) is 11.2 Å². The van der Waals surface area contributed by atoms with Crippen molar-refractivity contribution < 1.29 is 9.90 Å². The molecule has 0 radical (unpaired) electrons. The smallest absolute Gasteiger partial charge is 0.321 e. The van der Waals surface area contributed by atoms with E-state index in [1.54, 1.807) is 0 Å². The van der Waals surface area contributed by atoms with Gasteiger partial charge in [-0.2, -0.15) is 0 Å². The van der Waals surface area contributed by atoms with Crippen LogP contribution in [0.25, 0.3) is 0 Å². The summed E-state index contributed by atoms with van der Waals surface area (Å²) in [6, 6.07) is 9.74. The Morgan fingerprint density at radius 2 is 1.89 bits per heavy atom. The second kappa shape index (κ2) is 6.55. The lowest BCUT2D eigenvalue weighted by molar-refractivity contribution is -0.139. The summed E-state index contributed by atoms with van der Waals surface area (Å²) in [6.07, 6.45) is 6.50. The first-order chi connectivity index (χ1) is 8.75. The molecule has 0 aromatic heterocycles. The Bertz CT molecular complexity index is 371. The van der Waals surface area contributed by atoms with E-state index in [1.807, 2.05) is 30.3 Å². The number of benzene rings is 1. The van der Waals surface area contributed by atoms with Crippen molar-refractivity contribution in [3.63, 3.8) is 0 Å². The van der Waals surface area contributed by atoms with Crippen LogP contribution in [0.3, 0.4) is 0 Å². The Morgan fingerprint density at radius 1 is 1.22 bits per heavy atom. The highest BCUT2D eigenvalue weighted by Crippen LogP contribution is 2.18. The van der Waals surface area contributed by atoms with Gasteiger partial charge in [0, 0.05) is 6.04 Å². The Hall–Kier alpha value is -1.35. The van der Waals surface area contributed by atoms with Crippen molar-refractivity contribution in [2.45, 2.75) is 50.6 Å². The minimum atomic E-state index is -0.746. The first kappa shape index (κ1) is 13.1. The zero-order valence-corrected chi connectivity index (χ0v) is 10.6. The third-order valence-electron chi connectivity index (χ3n) is 3.62. The maximum atomic E-state index is 11.3. The van der Waals surface area contributed by atoms with Gasteiger partial charge in [0.15, 0.2) is 0 Å². The zero-order chi connectivity index (χ0) is 12.8. The largest absolute Gasteiger partial charge is 0.480 e. The Balaban J connectivity index is 1.93. The van der Waals surface area contributed by atoms with Gasteiger partial charge in [0.2, 0.25) is 0 Å². The maximum Gasteiger partial charge on any atom is 0.321 e. The molecule has 0 saturated heterocycles. The fraction of sp³-hybridized carbons (Fsp3) is 0.533. The van der Waals surface area contributed by atoms with Crippen molar-refractivity contribution in [2.24, 2.45) is 0 Å². The van der Waals surface area contributed by atoms with E-state index in [0.29, 0.717) is 12.5 Å². The number of nitrogens with one attached hydrogen (secondary N) is 1. The first-order valence-electron chi connectivity index (χ1n) is 6.78. The summed E-state index contributed by atoms with van der Waals surface area (Å²) in [7, 11) is 0. The SMILES string of the molecule is O=C(O)[C@@H](Cc1ccccc1)NC1CCCCC1. The molecule has 1 aliphatic rings. The molecule has 0 bridgehead atoms. The number of hydrogen-bond acceptors (Lipinski definition) is 2. The van der Waals surface area contributed by atoms with Gasteiger partial charge in [-0.3, -0.25) is 4.79 Å². The van der Waals surface area contributed by atoms with Gasteiger partial charge in [0.25, 0.3) is 0 Å². The second-order valence-electron chi connectivity index (χ2n) is 5.08. The molecule has 1 aromatic rings. The number of rotatable bonds is 5. The first-order valence-corrected chi connectivity index (χ1v) is 6.78. The summed E-state index contributed by atoms with van der Waals surface area (Å²) in [5.74, 6) is -0.746. The van der Waals surface area contributed by atoms with Gasteiger partial charge in [0.05, 0.1) is 0 Å². The van der Waals surface area contributed by atoms with Gasteiger partial charge in [-0.25, -0.2) is 0 Å². The van der Waals surface area contributed by atoms with Crippen LogP contribution in [0.5, 0.6) is 0 Å². The summed E-state index contributed by atoms with van der Waals surface area (Å²) in [5, 5.41) is 12.6. The van der Waals surface area contributed by atoms with Crippen molar-refractivity contribution in [2.75, 3.05) is 0 Å². The van der Waals surface area contributed by atoms with E-state index in [1.165, 1.54) is 19.3 Å². The Morgan fingerprint density at radius 3 is 2.50 bits per heavy atom. The van der Waals surface area contributed by atoms with Crippen LogP contribution in [0.4, 0.5) is 0 Å². The van der Waals surface area contributed by atoms with Crippen LogP contribution in [0.2, 0.25) is 0 Å². The molecule has 0 amide bonds. The molecular formula is C15H21NO2. The van der Waals surface area contributed by atoms with Gasteiger partial charge in [0.1, 0.15) is 6.04 Å². The van der Waals surface area contributed by atoms with E-state index in [-0.39, 0.29) is 0 Å². The molecule has 18 heavy (non-hydrogen) atoms. The lowest BCUT2D eigenvalue weighted by Gasteiger charge is -2.26. The summed E-state index contributed by atoms with van der Waals surface area (Å²) in [5.41, 5.74) is 1.08. The van der Waals surface area contributed by atoms with E-state index in [0.717, 1.165) is 18.4 Å². The van der Waals surface area contributed by atoms with Crippen molar-refractivity contribution in [3.05, 3.63) is 35.9 Å². The highest BCUT2D eigenvalue weighted by molar-refractivity contribution is 5.74. The third kappa shape index (κ3) is 3.84.